The van der Waals surface area contributed by atoms with E-state index in [2.05, 4.69) is 20.6 Å². The number of halogens is 2. The molecule has 0 fully saturated rings. The van der Waals surface area contributed by atoms with Crippen LogP contribution in [-0.2, 0) is 38.5 Å². The fourth-order valence-corrected chi connectivity index (χ4v) is 7.73. The summed E-state index contributed by atoms with van der Waals surface area (Å²) in [6, 6.07) is 20.7. The molecule has 0 radical (unpaired) electrons. The highest BCUT2D eigenvalue weighted by Crippen LogP contribution is 2.40. The zero-order valence-corrected chi connectivity index (χ0v) is 38.5. The fourth-order valence-electron chi connectivity index (χ4n) is 7.73. The number of rotatable bonds is 15. The summed E-state index contributed by atoms with van der Waals surface area (Å²) in [5.41, 5.74) is 0.812. The van der Waals surface area contributed by atoms with Gasteiger partial charge in [-0.05, 0) is 47.9 Å². The summed E-state index contributed by atoms with van der Waals surface area (Å²) in [4.78, 5) is 85.4. The third-order valence-electron chi connectivity index (χ3n) is 11.1. The first-order valence-electron chi connectivity index (χ1n) is 22.0. The average molecular weight is 985 g/mol. The number of benzene rings is 3. The molecule has 3 aromatic carbocycles. The van der Waals surface area contributed by atoms with Crippen LogP contribution < -0.4 is 36.0 Å². The van der Waals surface area contributed by atoms with Gasteiger partial charge < -0.3 is 44.5 Å². The van der Waals surface area contributed by atoms with Gasteiger partial charge in [0.2, 0.25) is 11.5 Å². The van der Waals surface area contributed by atoms with E-state index in [0.29, 0.717) is 16.7 Å². The Balaban J connectivity index is 0.000000194. The van der Waals surface area contributed by atoms with E-state index in [1.165, 1.54) is 50.8 Å². The van der Waals surface area contributed by atoms with Crippen molar-refractivity contribution in [1.29, 1.82) is 0 Å². The van der Waals surface area contributed by atoms with E-state index < -0.39 is 69.1 Å². The normalized spacial score (nSPS) is 12.1. The topological polar surface area (TPSA) is 249 Å². The molecule has 21 heteroatoms. The van der Waals surface area contributed by atoms with Crippen LogP contribution in [0.2, 0.25) is 0 Å². The molecule has 2 aliphatic heterocycles. The van der Waals surface area contributed by atoms with E-state index in [9.17, 15) is 47.8 Å². The number of nitrogens with zero attached hydrogens (tertiary/aromatic N) is 4. The maximum atomic E-state index is 13.6. The van der Waals surface area contributed by atoms with E-state index in [0.717, 1.165) is 32.7 Å². The molecule has 2 aliphatic rings. The number of ether oxygens (including phenoxy) is 5. The molecule has 0 aliphatic carbocycles. The summed E-state index contributed by atoms with van der Waals surface area (Å²) in [5.74, 6) is -5.81. The predicted molar refractivity (Wildman–Crippen MR) is 255 cm³/mol. The van der Waals surface area contributed by atoms with Crippen molar-refractivity contribution < 1.29 is 61.9 Å². The zero-order chi connectivity index (χ0) is 51.2. The Hall–Kier alpha value is -9.24. The quantitative estimate of drug-likeness (QED) is 0.0752. The largest absolute Gasteiger partial charge is 0.505 e. The first-order chi connectivity index (χ1) is 34.7. The van der Waals surface area contributed by atoms with E-state index in [-0.39, 0.29) is 84.3 Å². The number of nitrogens with one attached hydrogen (secondary N) is 2. The minimum absolute atomic E-state index is 0.00302. The van der Waals surface area contributed by atoms with Crippen LogP contribution in [0.25, 0.3) is 34.5 Å². The molecule has 0 bridgehead atoms. The summed E-state index contributed by atoms with van der Waals surface area (Å²) in [6.07, 6.45) is 5.45. The molecule has 2 amide bonds. The fraction of sp³-hybridized carbons (Fsp3) is 0.176. The zero-order valence-electron chi connectivity index (χ0n) is 38.5. The summed E-state index contributed by atoms with van der Waals surface area (Å²) in [7, 11) is 2.81. The first kappa shape index (κ1) is 49.2. The second kappa shape index (κ2) is 21.2. The van der Waals surface area contributed by atoms with Gasteiger partial charge in [0, 0.05) is 57.1 Å². The lowest BCUT2D eigenvalue weighted by Crippen LogP contribution is -2.35. The smallest absolute Gasteiger partial charge is 0.373 e. The number of hydrogen-bond donors (Lipinski definition) is 4. The van der Waals surface area contributed by atoms with Gasteiger partial charge in [-0.3, -0.25) is 38.3 Å². The van der Waals surface area contributed by atoms with Crippen LogP contribution in [0.3, 0.4) is 0 Å². The Morgan fingerprint density at radius 1 is 0.722 bits per heavy atom. The second-order valence-corrected chi connectivity index (χ2v) is 15.8. The molecule has 0 spiro atoms. The minimum Gasteiger partial charge on any atom is -0.505 e. The summed E-state index contributed by atoms with van der Waals surface area (Å²) < 4.78 is 56.5. The van der Waals surface area contributed by atoms with Gasteiger partial charge in [0.25, 0.3) is 22.9 Å². The number of aromatic nitrogens is 4. The second-order valence-electron chi connectivity index (χ2n) is 15.8. The summed E-state index contributed by atoms with van der Waals surface area (Å²) in [5, 5.41) is 25.3. The molecule has 0 saturated carbocycles. The Morgan fingerprint density at radius 3 is 1.82 bits per heavy atom. The van der Waals surface area contributed by atoms with E-state index in [1.807, 2.05) is 30.3 Å². The van der Waals surface area contributed by atoms with E-state index in [4.69, 9.17) is 23.7 Å². The van der Waals surface area contributed by atoms with Gasteiger partial charge in [-0.1, -0.05) is 54.6 Å². The van der Waals surface area contributed by atoms with Crippen LogP contribution in [-0.4, -0.2) is 87.0 Å². The lowest BCUT2D eigenvalue weighted by Gasteiger charge is -2.23. The first-order valence-corrected chi connectivity index (χ1v) is 22.0. The van der Waals surface area contributed by atoms with E-state index in [1.54, 1.807) is 31.2 Å². The highest BCUT2D eigenvalue weighted by molar-refractivity contribution is 6.05. The number of carboxylic acid groups (broad SMARTS) is 1. The van der Waals surface area contributed by atoms with Gasteiger partial charge in [-0.2, -0.15) is 0 Å². The number of carboxylic acids is 1. The number of carbonyl (C=O) groups is 4. The van der Waals surface area contributed by atoms with Crippen molar-refractivity contribution in [2.75, 3.05) is 33.9 Å². The maximum Gasteiger partial charge on any atom is 0.373 e. The molecule has 368 valence electrons. The molecule has 0 saturated heterocycles. The molecule has 4 N–H and O–H groups in total. The third kappa shape index (κ3) is 9.94. The number of methoxy groups -OCH3 is 1. The Labute approximate surface area is 406 Å². The number of esters is 1. The average Bonchev–Trinajstić information content (AvgIpc) is 3.38. The third-order valence-corrected chi connectivity index (χ3v) is 11.1. The number of carbonyl (C=O) groups excluding carboxylic acids is 3. The lowest BCUT2D eigenvalue weighted by molar-refractivity contribution is -0.135. The Kier molecular flexibility index (Phi) is 14.5. The van der Waals surface area contributed by atoms with Gasteiger partial charge in [0.1, 0.15) is 45.9 Å². The summed E-state index contributed by atoms with van der Waals surface area (Å²) in [6.45, 7) is 2.09. The van der Waals surface area contributed by atoms with Gasteiger partial charge >= 0.3 is 11.9 Å². The molecule has 0 unspecified atom stereocenters. The number of amides is 2. The molecule has 4 aromatic heterocycles. The minimum atomic E-state index is -1.41. The molecule has 19 nitrogen and oxygen atoms in total. The number of aromatic hydroxyl groups is 1. The molecule has 7 aromatic rings. The predicted octanol–water partition coefficient (Wildman–Crippen LogP) is 5.30. The van der Waals surface area contributed by atoms with Crippen molar-refractivity contribution in [2.24, 2.45) is 0 Å². The van der Waals surface area contributed by atoms with Gasteiger partial charge in [-0.15, -0.1) is 0 Å². The number of hydrogen-bond acceptors (Lipinski definition) is 14. The van der Waals surface area contributed by atoms with Gasteiger partial charge in [-0.25, -0.2) is 18.4 Å². The van der Waals surface area contributed by atoms with Crippen LogP contribution >= 0.6 is 0 Å². The number of aliphatic carboxylic acids is 1. The maximum absolute atomic E-state index is 13.6. The molecule has 6 heterocycles. The Morgan fingerprint density at radius 2 is 1.26 bits per heavy atom. The SMILES string of the molecule is CCOC(=O)c1c(OCc2ccccc2)c2ncc(Cc3ccc(F)cc3)c3c2n(c1=O)C=C(C(=O)O)O3.CNC(=O)c1c(O)c2ncc(Cc3ccc(F)cc3)c3c2n(c1=O)C=C(C(=O)NCCOC)O3. The van der Waals surface area contributed by atoms with Gasteiger partial charge in [0.05, 0.1) is 25.6 Å². The van der Waals surface area contributed by atoms with Crippen molar-refractivity contribution in [2.45, 2.75) is 26.4 Å². The van der Waals surface area contributed by atoms with Crippen molar-refractivity contribution in [3.8, 4) is 23.0 Å². The molecule has 9 rings (SSSR count). The summed E-state index contributed by atoms with van der Waals surface area (Å²) >= 11 is 0. The van der Waals surface area contributed by atoms with Crippen LogP contribution in [0.15, 0.2) is 112 Å². The van der Waals surface area contributed by atoms with Crippen LogP contribution in [0.1, 0.15) is 55.5 Å². The van der Waals surface area contributed by atoms with Crippen molar-refractivity contribution in [3.05, 3.63) is 174 Å². The molecular weight excluding hydrogens is 943 g/mol. The van der Waals surface area contributed by atoms with Crippen molar-refractivity contribution in [3.63, 3.8) is 0 Å². The molecular formula is C51H42F2N6O13. The molecule has 0 atom stereocenters. The van der Waals surface area contributed by atoms with Crippen molar-refractivity contribution >= 4 is 58.2 Å². The van der Waals surface area contributed by atoms with E-state index >= 15 is 0 Å². The van der Waals surface area contributed by atoms with Gasteiger partial charge in [0.15, 0.2) is 28.6 Å². The molecule has 72 heavy (non-hydrogen) atoms. The highest BCUT2D eigenvalue weighted by atomic mass is 19.1. The van der Waals surface area contributed by atoms with Crippen LogP contribution in [0.5, 0.6) is 23.0 Å². The monoisotopic (exact) mass is 984 g/mol. The number of pyridine rings is 4. The lowest BCUT2D eigenvalue weighted by atomic mass is 10.0. The van der Waals surface area contributed by atoms with Crippen LogP contribution in [0.4, 0.5) is 8.78 Å². The highest BCUT2D eigenvalue weighted by Gasteiger charge is 2.33. The Bertz CT molecular complexity index is 3490. The van der Waals surface area contributed by atoms with Crippen LogP contribution in [0, 0.1) is 11.6 Å². The van der Waals surface area contributed by atoms with Crippen molar-refractivity contribution in [1.82, 2.24) is 29.7 Å². The standard InChI is InChI=1S/C28H21FN2O7.C23H21FN4O6/c1-2-36-28(35)21-25(37-15-17-6-4-3-5-7-17)22-23-24(38-20(27(33)34)14-31(23)26(21)32)18(13-30-22)12-16-8-10-19(29)11-9-16;1-25-22(31)16-19(29)17-18-20(13(10-27-17)9-12-3-5-14(24)6-4-12)34-15(11-28(18)23(16)32)21(30)26-7-8-33-2/h3-11,13-14H,2,12,15H2,1H3,(H,33,34);3-6,10-11,29H,7-9H2,1-2H3,(H,25,31)(H,26,30).